The zero-order valence-corrected chi connectivity index (χ0v) is 13.6. The summed E-state index contributed by atoms with van der Waals surface area (Å²) in [6.45, 7) is 0.115. The molecule has 1 saturated heterocycles. The molecular formula is C18H13Cl2NO2. The number of halogens is 2. The maximum atomic E-state index is 12.2. The van der Waals surface area contributed by atoms with Gasteiger partial charge in [-0.3, -0.25) is 4.79 Å². The lowest BCUT2D eigenvalue weighted by Gasteiger charge is -2.39. The van der Waals surface area contributed by atoms with Gasteiger partial charge in [0, 0.05) is 5.69 Å². The van der Waals surface area contributed by atoms with Crippen LogP contribution in [0, 0.1) is 12.3 Å². The van der Waals surface area contributed by atoms with Crippen LogP contribution in [-0.2, 0) is 15.1 Å². The van der Waals surface area contributed by atoms with Crippen molar-refractivity contribution in [1.82, 2.24) is 0 Å². The van der Waals surface area contributed by atoms with E-state index in [2.05, 4.69) is 5.92 Å². The number of morpholine rings is 1. The predicted molar refractivity (Wildman–Crippen MR) is 91.7 cm³/mol. The van der Waals surface area contributed by atoms with Gasteiger partial charge in [0.1, 0.15) is 6.61 Å². The van der Waals surface area contributed by atoms with Gasteiger partial charge in [0.25, 0.3) is 5.91 Å². The Morgan fingerprint density at radius 1 is 1.13 bits per heavy atom. The predicted octanol–water partition coefficient (Wildman–Crippen LogP) is 3.89. The molecule has 0 aromatic heterocycles. The van der Waals surface area contributed by atoms with Crippen molar-refractivity contribution in [3.63, 3.8) is 0 Å². The number of anilines is 1. The third kappa shape index (κ3) is 2.94. The molecule has 0 bridgehead atoms. The van der Waals surface area contributed by atoms with Crippen LogP contribution in [0.25, 0.3) is 0 Å². The molecular weight excluding hydrogens is 333 g/mol. The maximum absolute atomic E-state index is 12.2. The molecule has 0 aliphatic carbocycles. The molecule has 1 aliphatic heterocycles. The van der Waals surface area contributed by atoms with Crippen molar-refractivity contribution in [2.45, 2.75) is 5.60 Å². The van der Waals surface area contributed by atoms with Crippen LogP contribution in [-0.4, -0.2) is 19.1 Å². The lowest BCUT2D eigenvalue weighted by molar-refractivity contribution is -0.134. The van der Waals surface area contributed by atoms with E-state index in [-0.39, 0.29) is 19.1 Å². The minimum absolute atomic E-state index is 0.0979. The minimum Gasteiger partial charge on any atom is -0.346 e. The molecule has 0 N–H and O–H groups in total. The van der Waals surface area contributed by atoms with Crippen molar-refractivity contribution in [3.05, 3.63) is 64.1 Å². The molecule has 0 saturated carbocycles. The van der Waals surface area contributed by atoms with Gasteiger partial charge in [-0.25, -0.2) is 0 Å². The first-order valence-electron chi connectivity index (χ1n) is 6.98. The second-order valence-corrected chi connectivity index (χ2v) is 6.02. The largest absolute Gasteiger partial charge is 0.346 e. The molecule has 2 aromatic rings. The molecule has 1 fully saturated rings. The summed E-state index contributed by atoms with van der Waals surface area (Å²) in [5.41, 5.74) is 0.418. The van der Waals surface area contributed by atoms with Crippen LogP contribution in [0.2, 0.25) is 10.0 Å². The Bertz CT molecular complexity index is 785. The number of carbonyl (C=O) groups is 1. The van der Waals surface area contributed by atoms with Crippen molar-refractivity contribution in [2.75, 3.05) is 18.1 Å². The summed E-state index contributed by atoms with van der Waals surface area (Å²) < 4.78 is 5.73. The average molecular weight is 346 g/mol. The molecule has 1 unspecified atom stereocenters. The fraction of sp³-hybridized carbons (Fsp3) is 0.167. The van der Waals surface area contributed by atoms with E-state index in [4.69, 9.17) is 34.4 Å². The molecule has 1 amide bonds. The van der Waals surface area contributed by atoms with Gasteiger partial charge < -0.3 is 9.64 Å². The van der Waals surface area contributed by atoms with Crippen molar-refractivity contribution >= 4 is 34.8 Å². The van der Waals surface area contributed by atoms with Crippen LogP contribution in [0.5, 0.6) is 0 Å². The van der Waals surface area contributed by atoms with Crippen molar-refractivity contribution in [1.29, 1.82) is 0 Å². The van der Waals surface area contributed by atoms with Crippen LogP contribution >= 0.6 is 23.2 Å². The highest BCUT2D eigenvalue weighted by Crippen LogP contribution is 2.35. The van der Waals surface area contributed by atoms with Gasteiger partial charge in [-0.1, -0.05) is 53.4 Å². The number of para-hydroxylation sites is 1. The quantitative estimate of drug-likeness (QED) is 0.773. The summed E-state index contributed by atoms with van der Waals surface area (Å²) in [6, 6.07) is 14.5. The highest BCUT2D eigenvalue weighted by atomic mass is 35.5. The Kier molecular flexibility index (Phi) is 4.32. The Morgan fingerprint density at radius 2 is 1.87 bits per heavy atom. The summed E-state index contributed by atoms with van der Waals surface area (Å²) in [5.74, 6) is 2.55. The number of benzene rings is 2. The molecule has 1 heterocycles. The third-order valence-electron chi connectivity index (χ3n) is 3.81. The van der Waals surface area contributed by atoms with Gasteiger partial charge in [0.05, 0.1) is 16.6 Å². The van der Waals surface area contributed by atoms with Crippen LogP contribution < -0.4 is 4.90 Å². The van der Waals surface area contributed by atoms with E-state index in [1.165, 1.54) is 0 Å². The van der Waals surface area contributed by atoms with Crippen molar-refractivity contribution in [2.24, 2.45) is 0 Å². The summed E-state index contributed by atoms with van der Waals surface area (Å²) >= 11 is 12.1. The maximum Gasteiger partial charge on any atom is 0.253 e. The van der Waals surface area contributed by atoms with Gasteiger partial charge in [-0.2, -0.15) is 0 Å². The SMILES string of the molecule is C#CC1(c2ccc(Cl)c(Cl)c2)CN(c2ccccc2)C(=O)CO1. The molecule has 1 aliphatic rings. The first-order valence-corrected chi connectivity index (χ1v) is 7.74. The molecule has 3 nitrogen and oxygen atoms in total. The molecule has 23 heavy (non-hydrogen) atoms. The number of ether oxygens (including phenoxy) is 1. The molecule has 2 aromatic carbocycles. The second-order valence-electron chi connectivity index (χ2n) is 5.20. The number of nitrogens with zero attached hydrogens (tertiary/aromatic N) is 1. The molecule has 116 valence electrons. The van der Waals surface area contributed by atoms with Crippen molar-refractivity contribution < 1.29 is 9.53 Å². The van der Waals surface area contributed by atoms with E-state index in [0.717, 1.165) is 5.69 Å². The fourth-order valence-corrected chi connectivity index (χ4v) is 2.85. The Morgan fingerprint density at radius 3 is 2.52 bits per heavy atom. The number of rotatable bonds is 2. The Hall–Kier alpha value is -1.99. The number of terminal acetylenes is 1. The summed E-state index contributed by atoms with van der Waals surface area (Å²) in [6.07, 6.45) is 5.76. The van der Waals surface area contributed by atoms with Crippen LogP contribution in [0.15, 0.2) is 48.5 Å². The highest BCUT2D eigenvalue weighted by Gasteiger charge is 2.41. The summed E-state index contributed by atoms with van der Waals surface area (Å²) in [5, 5.41) is 0.833. The number of amides is 1. The molecule has 0 spiro atoms. The summed E-state index contributed by atoms with van der Waals surface area (Å²) in [7, 11) is 0. The van der Waals surface area contributed by atoms with E-state index in [1.807, 2.05) is 30.3 Å². The van der Waals surface area contributed by atoms with E-state index in [9.17, 15) is 4.79 Å². The normalized spacial score (nSPS) is 21.1. The van der Waals surface area contributed by atoms with Gasteiger partial charge in [0.15, 0.2) is 5.60 Å². The standard InChI is InChI=1S/C18H13Cl2NO2/c1-2-18(13-8-9-15(19)16(20)10-13)12-21(17(22)11-23-18)14-6-4-3-5-7-14/h1,3-10H,11-12H2. The van der Waals surface area contributed by atoms with E-state index in [0.29, 0.717) is 15.6 Å². The lowest BCUT2D eigenvalue weighted by Crippen LogP contribution is -2.52. The van der Waals surface area contributed by atoms with Gasteiger partial charge >= 0.3 is 0 Å². The first-order chi connectivity index (χ1) is 11.1. The smallest absolute Gasteiger partial charge is 0.253 e. The number of carbonyl (C=O) groups excluding carboxylic acids is 1. The van der Waals surface area contributed by atoms with Crippen LogP contribution in [0.1, 0.15) is 5.56 Å². The summed E-state index contributed by atoms with van der Waals surface area (Å²) in [4.78, 5) is 13.9. The van der Waals surface area contributed by atoms with E-state index < -0.39 is 5.60 Å². The van der Waals surface area contributed by atoms with E-state index in [1.54, 1.807) is 23.1 Å². The van der Waals surface area contributed by atoms with Gasteiger partial charge in [-0.15, -0.1) is 6.42 Å². The van der Waals surface area contributed by atoms with Crippen LogP contribution in [0.3, 0.4) is 0 Å². The zero-order valence-electron chi connectivity index (χ0n) is 12.1. The van der Waals surface area contributed by atoms with Gasteiger partial charge in [-0.05, 0) is 29.8 Å². The van der Waals surface area contributed by atoms with E-state index >= 15 is 0 Å². The van der Waals surface area contributed by atoms with Gasteiger partial charge in [0.2, 0.25) is 0 Å². The molecule has 1 atom stereocenters. The Labute approximate surface area is 144 Å². The Balaban J connectivity index is 2.01. The molecule has 5 heteroatoms. The first kappa shape index (κ1) is 15.9. The number of hydrogen-bond donors (Lipinski definition) is 0. The molecule has 3 rings (SSSR count). The fourth-order valence-electron chi connectivity index (χ4n) is 2.56. The monoisotopic (exact) mass is 345 g/mol. The van der Waals surface area contributed by atoms with Crippen LogP contribution in [0.4, 0.5) is 5.69 Å². The highest BCUT2D eigenvalue weighted by molar-refractivity contribution is 6.42. The average Bonchev–Trinajstić information content (AvgIpc) is 2.59. The van der Waals surface area contributed by atoms with Crippen molar-refractivity contribution in [3.8, 4) is 12.3 Å². The lowest BCUT2D eigenvalue weighted by atomic mass is 9.92. The molecule has 0 radical (unpaired) electrons. The minimum atomic E-state index is -1.06. The second kappa shape index (κ2) is 6.25. The third-order valence-corrected chi connectivity index (χ3v) is 4.55. The zero-order chi connectivity index (χ0) is 16.4. The topological polar surface area (TPSA) is 29.5 Å². The number of hydrogen-bond acceptors (Lipinski definition) is 2.